The Bertz CT molecular complexity index is 2050. The van der Waals surface area contributed by atoms with E-state index in [1.54, 1.807) is 0 Å². The average Bonchev–Trinajstić information content (AvgIpc) is 3.31. The topological polar surface area (TPSA) is 3.24 Å². The molecule has 1 nitrogen and oxygen atoms in total. The van der Waals surface area contributed by atoms with Gasteiger partial charge >= 0.3 is 0 Å². The normalized spacial score (nSPS) is 13.6. The van der Waals surface area contributed by atoms with E-state index in [4.69, 9.17) is 0 Å². The maximum absolute atomic E-state index is 2.41. The largest absolute Gasteiger partial charge is 0.310 e. The lowest BCUT2D eigenvalue weighted by Crippen LogP contribution is -2.16. The molecular weight excluding hydrogens is 579 g/mol. The van der Waals surface area contributed by atoms with Crippen LogP contribution in [0.1, 0.15) is 77.6 Å². The van der Waals surface area contributed by atoms with Crippen molar-refractivity contribution in [3.05, 3.63) is 162 Å². The van der Waals surface area contributed by atoms with E-state index in [1.165, 1.54) is 61.3 Å². The minimum absolute atomic E-state index is 0.0691. The molecule has 0 saturated heterocycles. The van der Waals surface area contributed by atoms with Crippen molar-refractivity contribution >= 4 is 17.1 Å². The van der Waals surface area contributed by atoms with Gasteiger partial charge in [0.25, 0.3) is 0 Å². The van der Waals surface area contributed by atoms with Crippen LogP contribution in [-0.2, 0) is 16.2 Å². The fraction of sp³-hybridized carbons (Fsp3) is 0.234. The lowest BCUT2D eigenvalue weighted by Gasteiger charge is -2.29. The van der Waals surface area contributed by atoms with Crippen LogP contribution in [0.5, 0.6) is 0 Å². The molecule has 0 aromatic heterocycles. The first kappa shape index (κ1) is 31.7. The molecule has 6 aromatic carbocycles. The van der Waals surface area contributed by atoms with Gasteiger partial charge in [-0.05, 0) is 103 Å². The molecule has 0 radical (unpaired) electrons. The van der Waals surface area contributed by atoms with E-state index in [9.17, 15) is 0 Å². The second-order valence-electron chi connectivity index (χ2n) is 16.0. The zero-order valence-corrected chi connectivity index (χ0v) is 29.7. The molecular formula is C47H47N. The molecule has 0 atom stereocenters. The second kappa shape index (κ2) is 11.7. The lowest BCUT2D eigenvalue weighted by atomic mass is 9.79. The third kappa shape index (κ3) is 5.77. The molecule has 0 amide bonds. The van der Waals surface area contributed by atoms with Crippen LogP contribution in [0.2, 0.25) is 0 Å². The smallest absolute Gasteiger partial charge is 0.0465 e. The van der Waals surface area contributed by atoms with E-state index in [1.807, 2.05) is 0 Å². The third-order valence-electron chi connectivity index (χ3n) is 10.2. The van der Waals surface area contributed by atoms with Crippen LogP contribution in [0, 0.1) is 0 Å². The van der Waals surface area contributed by atoms with Gasteiger partial charge in [0.05, 0.1) is 0 Å². The molecule has 1 heteroatoms. The van der Waals surface area contributed by atoms with Gasteiger partial charge < -0.3 is 4.90 Å². The van der Waals surface area contributed by atoms with Gasteiger partial charge in [-0.2, -0.15) is 0 Å². The standard InChI is InChI=1S/C47H47N/c1-45(2,3)36-28-35(29-37(30-36)46(4,5)6)34-20-24-39(25-21-34)48(38-22-18-33(19-23-38)32-14-10-9-11-15-32)40-26-27-42-41-16-12-13-17-43(41)47(7,8)44(42)31-40/h9-31H,1-8H3. The minimum atomic E-state index is -0.0720. The number of hydrogen-bond donors (Lipinski definition) is 0. The Hall–Kier alpha value is -4.88. The van der Waals surface area contributed by atoms with E-state index in [-0.39, 0.29) is 16.2 Å². The molecule has 0 heterocycles. The van der Waals surface area contributed by atoms with Crippen molar-refractivity contribution in [2.24, 2.45) is 0 Å². The van der Waals surface area contributed by atoms with Crippen LogP contribution in [0.25, 0.3) is 33.4 Å². The highest BCUT2D eigenvalue weighted by molar-refractivity contribution is 5.86. The van der Waals surface area contributed by atoms with Crippen LogP contribution in [0.3, 0.4) is 0 Å². The molecule has 0 spiro atoms. The molecule has 1 aliphatic carbocycles. The van der Waals surface area contributed by atoms with Crippen LogP contribution >= 0.6 is 0 Å². The van der Waals surface area contributed by atoms with Crippen molar-refractivity contribution in [1.29, 1.82) is 0 Å². The number of hydrogen-bond acceptors (Lipinski definition) is 1. The van der Waals surface area contributed by atoms with Crippen LogP contribution in [-0.4, -0.2) is 0 Å². The highest BCUT2D eigenvalue weighted by Crippen LogP contribution is 2.50. The zero-order valence-electron chi connectivity index (χ0n) is 29.7. The van der Waals surface area contributed by atoms with Gasteiger partial charge in [0.15, 0.2) is 0 Å². The van der Waals surface area contributed by atoms with Crippen molar-refractivity contribution in [3.8, 4) is 33.4 Å². The van der Waals surface area contributed by atoms with Gasteiger partial charge in [-0.15, -0.1) is 0 Å². The maximum atomic E-state index is 2.41. The maximum Gasteiger partial charge on any atom is 0.0465 e. The average molecular weight is 626 g/mol. The fourth-order valence-corrected chi connectivity index (χ4v) is 7.18. The summed E-state index contributed by atoms with van der Waals surface area (Å²) in [7, 11) is 0. The van der Waals surface area contributed by atoms with E-state index < -0.39 is 0 Å². The van der Waals surface area contributed by atoms with E-state index in [2.05, 4.69) is 200 Å². The van der Waals surface area contributed by atoms with Gasteiger partial charge in [0, 0.05) is 22.5 Å². The highest BCUT2D eigenvalue weighted by Gasteiger charge is 2.35. The van der Waals surface area contributed by atoms with Crippen molar-refractivity contribution < 1.29 is 0 Å². The summed E-state index contributed by atoms with van der Waals surface area (Å²) in [6.45, 7) is 18.5. The third-order valence-corrected chi connectivity index (χ3v) is 10.2. The summed E-state index contributed by atoms with van der Waals surface area (Å²) in [5.41, 5.74) is 16.7. The molecule has 240 valence electrons. The van der Waals surface area contributed by atoms with Crippen molar-refractivity contribution in [2.45, 2.75) is 71.6 Å². The summed E-state index contributed by atoms with van der Waals surface area (Å²) >= 11 is 0. The Labute approximate surface area is 287 Å². The molecule has 0 saturated carbocycles. The second-order valence-corrected chi connectivity index (χ2v) is 16.0. The number of nitrogens with zero attached hydrogens (tertiary/aromatic N) is 1. The first-order valence-electron chi connectivity index (χ1n) is 17.3. The molecule has 0 bridgehead atoms. The highest BCUT2D eigenvalue weighted by atomic mass is 15.1. The van der Waals surface area contributed by atoms with Gasteiger partial charge in [0.1, 0.15) is 0 Å². The zero-order chi connectivity index (χ0) is 33.8. The van der Waals surface area contributed by atoms with Gasteiger partial charge in [0.2, 0.25) is 0 Å². The monoisotopic (exact) mass is 625 g/mol. The number of anilines is 3. The van der Waals surface area contributed by atoms with Crippen LogP contribution in [0.15, 0.2) is 140 Å². The Morgan fingerprint density at radius 3 is 1.42 bits per heavy atom. The van der Waals surface area contributed by atoms with Crippen LogP contribution in [0.4, 0.5) is 17.1 Å². The number of rotatable bonds is 5. The predicted octanol–water partition coefficient (Wildman–Crippen LogP) is 13.4. The molecule has 1 aliphatic rings. The quantitative estimate of drug-likeness (QED) is 0.184. The Kier molecular flexibility index (Phi) is 7.71. The molecule has 0 aliphatic heterocycles. The summed E-state index contributed by atoms with van der Waals surface area (Å²) in [5.74, 6) is 0. The predicted molar refractivity (Wildman–Crippen MR) is 207 cm³/mol. The molecule has 0 fully saturated rings. The first-order valence-corrected chi connectivity index (χ1v) is 17.3. The fourth-order valence-electron chi connectivity index (χ4n) is 7.18. The van der Waals surface area contributed by atoms with E-state index in [0.717, 1.165) is 11.4 Å². The van der Waals surface area contributed by atoms with Crippen molar-refractivity contribution in [2.75, 3.05) is 4.90 Å². The number of benzene rings is 6. The Balaban J connectivity index is 1.33. The number of fused-ring (bicyclic) bond motifs is 3. The summed E-state index contributed by atoms with van der Waals surface area (Å²) in [6.07, 6.45) is 0. The molecule has 6 aromatic rings. The molecule has 7 rings (SSSR count). The SMILES string of the molecule is CC(C)(C)c1cc(-c2ccc(N(c3ccc(-c4ccccc4)cc3)c3ccc4c(c3)C(C)(C)c3ccccc3-4)cc2)cc(C(C)(C)C)c1. The first-order chi connectivity index (χ1) is 22.8. The molecule has 48 heavy (non-hydrogen) atoms. The minimum Gasteiger partial charge on any atom is -0.310 e. The summed E-state index contributed by atoms with van der Waals surface area (Å²) in [4.78, 5) is 2.41. The Morgan fingerprint density at radius 1 is 0.396 bits per heavy atom. The summed E-state index contributed by atoms with van der Waals surface area (Å²) < 4.78 is 0. The van der Waals surface area contributed by atoms with Gasteiger partial charge in [-0.25, -0.2) is 0 Å². The summed E-state index contributed by atoms with van der Waals surface area (Å²) in [6, 6.07) is 51.8. The van der Waals surface area contributed by atoms with Crippen LogP contribution < -0.4 is 4.90 Å². The van der Waals surface area contributed by atoms with Gasteiger partial charge in [-0.1, -0.05) is 159 Å². The van der Waals surface area contributed by atoms with Crippen molar-refractivity contribution in [1.82, 2.24) is 0 Å². The van der Waals surface area contributed by atoms with E-state index in [0.29, 0.717) is 0 Å². The Morgan fingerprint density at radius 2 is 0.854 bits per heavy atom. The lowest BCUT2D eigenvalue weighted by molar-refractivity contribution is 0.569. The molecule has 0 unspecified atom stereocenters. The van der Waals surface area contributed by atoms with Gasteiger partial charge in [-0.3, -0.25) is 0 Å². The van der Waals surface area contributed by atoms with Crippen molar-refractivity contribution in [3.63, 3.8) is 0 Å². The van der Waals surface area contributed by atoms with E-state index >= 15 is 0 Å². The molecule has 0 N–H and O–H groups in total. The summed E-state index contributed by atoms with van der Waals surface area (Å²) in [5, 5.41) is 0.